The van der Waals surface area contributed by atoms with Gasteiger partial charge in [0.2, 0.25) is 0 Å². The normalized spacial score (nSPS) is 11.6. The summed E-state index contributed by atoms with van der Waals surface area (Å²) in [7, 11) is 0. The fourth-order valence-corrected chi connectivity index (χ4v) is 2.31. The first-order valence-corrected chi connectivity index (χ1v) is 6.82. The molecule has 0 saturated heterocycles. The Morgan fingerprint density at radius 3 is 2.22 bits per heavy atom. The predicted molar refractivity (Wildman–Crippen MR) is 76.4 cm³/mol. The average molecular weight is 252 g/mol. The van der Waals surface area contributed by atoms with Gasteiger partial charge in [0.25, 0.3) is 0 Å². The minimum Gasteiger partial charge on any atom is -0.369 e. The van der Waals surface area contributed by atoms with Crippen LogP contribution < -0.4 is 10.6 Å². The van der Waals surface area contributed by atoms with Gasteiger partial charge in [-0.25, -0.2) is 4.39 Å². The smallest absolute Gasteiger partial charge is 0.146 e. The molecule has 0 atom stereocenters. The number of halogens is 1. The highest BCUT2D eigenvalue weighted by atomic mass is 19.1. The van der Waals surface area contributed by atoms with Crippen molar-refractivity contribution in [2.45, 2.75) is 33.6 Å². The lowest BCUT2D eigenvalue weighted by Crippen LogP contribution is -2.42. The summed E-state index contributed by atoms with van der Waals surface area (Å²) in [6.07, 6.45) is 2.04. The first-order chi connectivity index (χ1) is 8.62. The van der Waals surface area contributed by atoms with Crippen LogP contribution in [0.5, 0.6) is 0 Å². The van der Waals surface area contributed by atoms with Gasteiger partial charge in [-0.1, -0.05) is 26.0 Å². The molecule has 0 spiro atoms. The van der Waals surface area contributed by atoms with Crippen molar-refractivity contribution in [3.05, 3.63) is 30.1 Å². The molecule has 2 N–H and O–H groups in total. The minimum absolute atomic E-state index is 0.0816. The van der Waals surface area contributed by atoms with Crippen LogP contribution in [0.2, 0.25) is 0 Å². The molecular weight excluding hydrogens is 227 g/mol. The molecule has 2 nitrogen and oxygen atoms in total. The van der Waals surface area contributed by atoms with Crippen LogP contribution in [0.3, 0.4) is 0 Å². The van der Waals surface area contributed by atoms with Gasteiger partial charge in [-0.15, -0.1) is 0 Å². The second-order valence-electron chi connectivity index (χ2n) is 4.88. The second kappa shape index (κ2) is 6.74. The van der Waals surface area contributed by atoms with Crippen LogP contribution in [0.1, 0.15) is 33.6 Å². The topological polar surface area (TPSA) is 29.3 Å². The highest BCUT2D eigenvalue weighted by Gasteiger charge is 2.27. The third-order valence-corrected chi connectivity index (χ3v) is 4.03. The molecule has 0 aliphatic rings. The molecule has 0 bridgehead atoms. The molecule has 1 aromatic rings. The minimum atomic E-state index is -0.155. The molecule has 0 unspecified atom stereocenters. The van der Waals surface area contributed by atoms with Crippen molar-refractivity contribution in [3.63, 3.8) is 0 Å². The largest absolute Gasteiger partial charge is 0.369 e. The Morgan fingerprint density at radius 2 is 1.78 bits per heavy atom. The number of hydrogen-bond acceptors (Lipinski definition) is 2. The van der Waals surface area contributed by atoms with Crippen LogP contribution in [0.15, 0.2) is 24.3 Å². The van der Waals surface area contributed by atoms with Crippen molar-refractivity contribution < 1.29 is 4.39 Å². The van der Waals surface area contributed by atoms with Gasteiger partial charge in [-0.2, -0.15) is 0 Å². The van der Waals surface area contributed by atoms with E-state index in [1.807, 2.05) is 12.1 Å². The maximum Gasteiger partial charge on any atom is 0.146 e. The molecule has 102 valence electrons. The SMILES string of the molecule is CCN(CC(CC)(CC)CN)c1ccccc1F. The number of nitrogens with zero attached hydrogens (tertiary/aromatic N) is 1. The van der Waals surface area contributed by atoms with E-state index in [0.717, 1.165) is 25.9 Å². The van der Waals surface area contributed by atoms with Gasteiger partial charge >= 0.3 is 0 Å². The highest BCUT2D eigenvalue weighted by Crippen LogP contribution is 2.29. The van der Waals surface area contributed by atoms with Gasteiger partial charge in [0.05, 0.1) is 5.69 Å². The van der Waals surface area contributed by atoms with Crippen LogP contribution in [0.25, 0.3) is 0 Å². The van der Waals surface area contributed by atoms with Gasteiger partial charge in [-0.05, 0) is 43.9 Å². The number of para-hydroxylation sites is 1. The summed E-state index contributed by atoms with van der Waals surface area (Å²) in [6.45, 7) is 8.62. The summed E-state index contributed by atoms with van der Waals surface area (Å²) < 4.78 is 13.8. The molecule has 1 rings (SSSR count). The van der Waals surface area contributed by atoms with E-state index in [-0.39, 0.29) is 11.2 Å². The Morgan fingerprint density at radius 1 is 1.17 bits per heavy atom. The summed E-state index contributed by atoms with van der Waals surface area (Å²) in [4.78, 5) is 2.09. The van der Waals surface area contributed by atoms with Gasteiger partial charge in [-0.3, -0.25) is 0 Å². The molecule has 1 aromatic carbocycles. The molecule has 0 saturated carbocycles. The third-order valence-electron chi connectivity index (χ3n) is 4.03. The van der Waals surface area contributed by atoms with Gasteiger partial charge in [0.1, 0.15) is 5.82 Å². The Bertz CT molecular complexity index is 353. The van der Waals surface area contributed by atoms with Crippen LogP contribution in [-0.4, -0.2) is 19.6 Å². The monoisotopic (exact) mass is 252 g/mol. The van der Waals surface area contributed by atoms with Crippen LogP contribution >= 0.6 is 0 Å². The van der Waals surface area contributed by atoms with Gasteiger partial charge in [0, 0.05) is 13.1 Å². The molecule has 0 heterocycles. The zero-order valence-electron chi connectivity index (χ0n) is 11.7. The first-order valence-electron chi connectivity index (χ1n) is 6.82. The Hall–Kier alpha value is -1.09. The Balaban J connectivity index is 2.94. The molecule has 18 heavy (non-hydrogen) atoms. The van der Waals surface area contributed by atoms with E-state index in [2.05, 4.69) is 25.7 Å². The van der Waals surface area contributed by atoms with E-state index in [4.69, 9.17) is 5.73 Å². The maximum absolute atomic E-state index is 13.8. The number of nitrogens with two attached hydrogens (primary N) is 1. The summed E-state index contributed by atoms with van der Waals surface area (Å²) in [5, 5.41) is 0. The lowest BCUT2D eigenvalue weighted by atomic mass is 9.81. The molecule has 0 aromatic heterocycles. The van der Waals surface area contributed by atoms with Crippen LogP contribution in [0, 0.1) is 11.2 Å². The fraction of sp³-hybridized carbons (Fsp3) is 0.600. The molecule has 3 heteroatoms. The summed E-state index contributed by atoms with van der Waals surface area (Å²) >= 11 is 0. The molecule has 0 radical (unpaired) electrons. The Labute approximate surface area is 110 Å². The number of rotatable bonds is 7. The zero-order chi connectivity index (χ0) is 13.6. The fourth-order valence-electron chi connectivity index (χ4n) is 2.31. The number of hydrogen-bond donors (Lipinski definition) is 1. The van der Waals surface area contributed by atoms with E-state index in [1.165, 1.54) is 6.07 Å². The van der Waals surface area contributed by atoms with Gasteiger partial charge in [0.15, 0.2) is 0 Å². The molecule has 0 aliphatic heterocycles. The zero-order valence-corrected chi connectivity index (χ0v) is 11.7. The van der Waals surface area contributed by atoms with E-state index >= 15 is 0 Å². The van der Waals surface area contributed by atoms with Crippen molar-refractivity contribution in [3.8, 4) is 0 Å². The highest BCUT2D eigenvalue weighted by molar-refractivity contribution is 5.47. The van der Waals surface area contributed by atoms with Crippen molar-refractivity contribution in [1.82, 2.24) is 0 Å². The molecule has 0 fully saturated rings. The van der Waals surface area contributed by atoms with E-state index < -0.39 is 0 Å². The van der Waals surface area contributed by atoms with Crippen LogP contribution in [-0.2, 0) is 0 Å². The van der Waals surface area contributed by atoms with Crippen molar-refractivity contribution in [2.75, 3.05) is 24.5 Å². The maximum atomic E-state index is 13.8. The molecule has 0 aliphatic carbocycles. The van der Waals surface area contributed by atoms with E-state index in [9.17, 15) is 4.39 Å². The van der Waals surface area contributed by atoms with E-state index in [1.54, 1.807) is 6.07 Å². The quantitative estimate of drug-likeness (QED) is 0.805. The van der Waals surface area contributed by atoms with Crippen molar-refractivity contribution >= 4 is 5.69 Å². The molecular formula is C15H25FN2. The summed E-state index contributed by atoms with van der Waals surface area (Å²) in [5.41, 5.74) is 6.69. The summed E-state index contributed by atoms with van der Waals surface area (Å²) in [5.74, 6) is -0.155. The lowest BCUT2D eigenvalue weighted by Gasteiger charge is -2.37. The summed E-state index contributed by atoms with van der Waals surface area (Å²) in [6, 6.07) is 6.96. The van der Waals surface area contributed by atoms with Crippen molar-refractivity contribution in [1.29, 1.82) is 0 Å². The van der Waals surface area contributed by atoms with Crippen molar-refractivity contribution in [2.24, 2.45) is 11.1 Å². The Kier molecular flexibility index (Phi) is 5.60. The number of anilines is 1. The predicted octanol–water partition coefficient (Wildman–Crippen LogP) is 3.42. The molecule has 0 amide bonds. The standard InChI is InChI=1S/C15H25FN2/c1-4-15(5-2,11-17)12-18(6-3)14-10-8-7-9-13(14)16/h7-10H,4-6,11-12,17H2,1-3H3. The first kappa shape index (κ1) is 15.0. The number of benzene rings is 1. The van der Waals surface area contributed by atoms with Gasteiger partial charge < -0.3 is 10.6 Å². The van der Waals surface area contributed by atoms with Crippen LogP contribution in [0.4, 0.5) is 10.1 Å². The lowest BCUT2D eigenvalue weighted by molar-refractivity contribution is 0.277. The van der Waals surface area contributed by atoms with E-state index in [0.29, 0.717) is 12.2 Å². The third kappa shape index (κ3) is 3.22. The average Bonchev–Trinajstić information content (AvgIpc) is 2.42. The second-order valence-corrected chi connectivity index (χ2v) is 4.88.